The van der Waals surface area contributed by atoms with Crippen molar-refractivity contribution < 1.29 is 5.11 Å². The Bertz CT molecular complexity index is 477. The molecule has 0 saturated heterocycles. The fraction of sp³-hybridized carbons (Fsp3) is 0.0833. The van der Waals surface area contributed by atoms with E-state index < -0.39 is 0 Å². The van der Waals surface area contributed by atoms with Crippen LogP contribution in [0.2, 0.25) is 0 Å². The Morgan fingerprint density at radius 1 is 1.29 bits per heavy atom. The average molecular weight is 185 g/mol. The van der Waals surface area contributed by atoms with Gasteiger partial charge in [-0.25, -0.2) is 0 Å². The highest BCUT2D eigenvalue weighted by molar-refractivity contribution is 5.83. The molecule has 0 radical (unpaired) electrons. The van der Waals surface area contributed by atoms with Crippen molar-refractivity contribution in [3.63, 3.8) is 0 Å². The molecule has 2 rings (SSSR count). The molecule has 1 heterocycles. The molecule has 1 N–H and O–H groups in total. The molecule has 1 aromatic heterocycles. The van der Waals surface area contributed by atoms with Gasteiger partial charge in [-0.15, -0.1) is 0 Å². The minimum Gasteiger partial charge on any atom is -0.392 e. The molecule has 0 aliphatic rings. The molecule has 0 aliphatic heterocycles. The largest absolute Gasteiger partial charge is 0.392 e. The van der Waals surface area contributed by atoms with Gasteiger partial charge in [0.05, 0.1) is 12.3 Å². The van der Waals surface area contributed by atoms with Crippen LogP contribution in [0.3, 0.4) is 0 Å². The van der Waals surface area contributed by atoms with Gasteiger partial charge in [0.25, 0.3) is 0 Å². The first-order chi connectivity index (χ1) is 6.83. The predicted octanol–water partition coefficient (Wildman–Crippen LogP) is 2.37. The molecule has 2 heteroatoms. The first kappa shape index (κ1) is 8.91. The van der Waals surface area contributed by atoms with E-state index >= 15 is 0 Å². The second kappa shape index (κ2) is 3.60. The maximum Gasteiger partial charge on any atom is 0.0682 e. The molecule has 2 nitrogen and oxygen atoms in total. The van der Waals surface area contributed by atoms with Gasteiger partial charge in [0.2, 0.25) is 0 Å². The van der Waals surface area contributed by atoms with Gasteiger partial charge in [0.1, 0.15) is 0 Å². The Morgan fingerprint density at radius 3 is 2.86 bits per heavy atom. The van der Waals surface area contributed by atoms with E-state index in [9.17, 15) is 0 Å². The summed E-state index contributed by atoms with van der Waals surface area (Å²) in [5.41, 5.74) is 1.77. The molecule has 0 fully saturated rings. The van der Waals surface area contributed by atoms with Gasteiger partial charge in [0.15, 0.2) is 0 Å². The van der Waals surface area contributed by atoms with Crippen LogP contribution in [-0.4, -0.2) is 10.1 Å². The average Bonchev–Trinajstić information content (AvgIpc) is 2.27. The molecule has 0 saturated carbocycles. The second-order valence-electron chi connectivity index (χ2n) is 3.15. The summed E-state index contributed by atoms with van der Waals surface area (Å²) in [6.45, 7) is 3.74. The molecule has 0 amide bonds. The molecule has 2 aromatic rings. The molecule has 0 aliphatic carbocycles. The van der Waals surface area contributed by atoms with Crippen molar-refractivity contribution in [2.24, 2.45) is 0 Å². The fourth-order valence-corrected chi connectivity index (χ4v) is 1.42. The van der Waals surface area contributed by atoms with Crippen LogP contribution in [0.25, 0.3) is 16.8 Å². The summed E-state index contributed by atoms with van der Waals surface area (Å²) in [5.74, 6) is 0. The third-order valence-electron chi connectivity index (χ3n) is 2.20. The second-order valence-corrected chi connectivity index (χ2v) is 3.15. The summed E-state index contributed by atoms with van der Waals surface area (Å²) >= 11 is 0. The maximum absolute atomic E-state index is 8.99. The van der Waals surface area contributed by atoms with Gasteiger partial charge in [-0.2, -0.15) is 0 Å². The van der Waals surface area contributed by atoms with Gasteiger partial charge in [-0.3, -0.25) is 4.98 Å². The van der Waals surface area contributed by atoms with Crippen molar-refractivity contribution in [1.82, 2.24) is 4.98 Å². The molecular weight excluding hydrogens is 174 g/mol. The van der Waals surface area contributed by atoms with Gasteiger partial charge in [-0.05, 0) is 29.2 Å². The van der Waals surface area contributed by atoms with E-state index in [2.05, 4.69) is 11.6 Å². The Kier molecular flexibility index (Phi) is 2.29. The van der Waals surface area contributed by atoms with Crippen molar-refractivity contribution in [3.05, 3.63) is 48.3 Å². The Morgan fingerprint density at radius 2 is 2.14 bits per heavy atom. The zero-order valence-corrected chi connectivity index (χ0v) is 7.77. The monoisotopic (exact) mass is 185 g/mol. The van der Waals surface area contributed by atoms with Gasteiger partial charge < -0.3 is 5.11 Å². The molecule has 0 atom stereocenters. The van der Waals surface area contributed by atoms with E-state index in [1.165, 1.54) is 0 Å². The SMILES string of the molecule is C=Cc1cc2cc(CO)ccc2cn1. The van der Waals surface area contributed by atoms with E-state index in [0.717, 1.165) is 22.0 Å². The van der Waals surface area contributed by atoms with Gasteiger partial charge in [0, 0.05) is 11.6 Å². The van der Waals surface area contributed by atoms with Gasteiger partial charge >= 0.3 is 0 Å². The minimum absolute atomic E-state index is 0.0711. The van der Waals surface area contributed by atoms with Crippen LogP contribution in [-0.2, 0) is 6.61 Å². The van der Waals surface area contributed by atoms with Crippen molar-refractivity contribution in [3.8, 4) is 0 Å². The molecule has 0 bridgehead atoms. The number of hydrogen-bond donors (Lipinski definition) is 1. The molecule has 0 unspecified atom stereocenters. The lowest BCUT2D eigenvalue weighted by Crippen LogP contribution is -1.85. The van der Waals surface area contributed by atoms with Crippen molar-refractivity contribution in [1.29, 1.82) is 0 Å². The highest BCUT2D eigenvalue weighted by atomic mass is 16.3. The van der Waals surface area contributed by atoms with Crippen LogP contribution < -0.4 is 0 Å². The number of hydrogen-bond acceptors (Lipinski definition) is 2. The first-order valence-electron chi connectivity index (χ1n) is 4.45. The zero-order chi connectivity index (χ0) is 9.97. The number of aliphatic hydroxyl groups excluding tert-OH is 1. The predicted molar refractivity (Wildman–Crippen MR) is 57.8 cm³/mol. The number of rotatable bonds is 2. The molecule has 1 aromatic carbocycles. The quantitative estimate of drug-likeness (QED) is 0.779. The number of aliphatic hydroxyl groups is 1. The van der Waals surface area contributed by atoms with Crippen molar-refractivity contribution >= 4 is 16.8 Å². The Hall–Kier alpha value is -1.67. The fourth-order valence-electron chi connectivity index (χ4n) is 1.42. The maximum atomic E-state index is 8.99. The minimum atomic E-state index is 0.0711. The molecule has 70 valence electrons. The van der Waals surface area contributed by atoms with Crippen molar-refractivity contribution in [2.45, 2.75) is 6.61 Å². The highest BCUT2D eigenvalue weighted by Crippen LogP contribution is 2.16. The van der Waals surface area contributed by atoms with Crippen LogP contribution in [0.15, 0.2) is 37.0 Å². The summed E-state index contributed by atoms with van der Waals surface area (Å²) in [6, 6.07) is 7.78. The van der Waals surface area contributed by atoms with E-state index in [4.69, 9.17) is 5.11 Å². The van der Waals surface area contributed by atoms with Crippen LogP contribution in [0, 0.1) is 0 Å². The summed E-state index contributed by atoms with van der Waals surface area (Å²) in [5, 5.41) is 11.1. The van der Waals surface area contributed by atoms with Gasteiger partial charge in [-0.1, -0.05) is 18.7 Å². The summed E-state index contributed by atoms with van der Waals surface area (Å²) < 4.78 is 0. The first-order valence-corrected chi connectivity index (χ1v) is 4.45. The van der Waals surface area contributed by atoms with E-state index in [1.807, 2.05) is 30.5 Å². The summed E-state index contributed by atoms with van der Waals surface area (Å²) in [7, 11) is 0. The Labute approximate surface area is 82.5 Å². The van der Waals surface area contributed by atoms with Crippen molar-refractivity contribution in [2.75, 3.05) is 0 Å². The number of nitrogens with zero attached hydrogens (tertiary/aromatic N) is 1. The van der Waals surface area contributed by atoms with Crippen LogP contribution in [0.1, 0.15) is 11.3 Å². The van der Waals surface area contributed by atoms with E-state index in [0.29, 0.717) is 0 Å². The van der Waals surface area contributed by atoms with Crippen LogP contribution in [0.5, 0.6) is 0 Å². The third-order valence-corrected chi connectivity index (χ3v) is 2.20. The van der Waals surface area contributed by atoms with Crippen LogP contribution >= 0.6 is 0 Å². The molecule has 14 heavy (non-hydrogen) atoms. The third kappa shape index (κ3) is 1.52. The number of benzene rings is 1. The molecule has 0 spiro atoms. The lowest BCUT2D eigenvalue weighted by molar-refractivity contribution is 0.282. The smallest absolute Gasteiger partial charge is 0.0682 e. The topological polar surface area (TPSA) is 33.1 Å². The normalized spacial score (nSPS) is 10.4. The lowest BCUT2D eigenvalue weighted by Gasteiger charge is -2.01. The zero-order valence-electron chi connectivity index (χ0n) is 7.77. The molecular formula is C12H11NO. The van der Waals surface area contributed by atoms with E-state index in [1.54, 1.807) is 6.08 Å². The van der Waals surface area contributed by atoms with E-state index in [-0.39, 0.29) is 6.61 Å². The highest BCUT2D eigenvalue weighted by Gasteiger charge is 1.96. The number of aromatic nitrogens is 1. The Balaban J connectivity index is 2.65. The summed E-state index contributed by atoms with van der Waals surface area (Å²) in [4.78, 5) is 4.20. The standard InChI is InChI=1S/C12H11NO/c1-2-12-6-11-5-9(8-14)3-4-10(11)7-13-12/h2-7,14H,1,8H2. The summed E-state index contributed by atoms with van der Waals surface area (Å²) in [6.07, 6.45) is 3.53. The number of fused-ring (bicyclic) bond motifs is 1. The number of pyridine rings is 1. The van der Waals surface area contributed by atoms with Crippen LogP contribution in [0.4, 0.5) is 0 Å². The lowest BCUT2D eigenvalue weighted by atomic mass is 10.1.